The highest BCUT2D eigenvalue weighted by Crippen LogP contribution is 2.19. The number of halogens is 2. The Balaban J connectivity index is 2.21. The van der Waals surface area contributed by atoms with E-state index in [0.717, 1.165) is 0 Å². The Labute approximate surface area is 100 Å². The summed E-state index contributed by atoms with van der Waals surface area (Å²) in [6, 6.07) is 1.48. The van der Waals surface area contributed by atoms with Gasteiger partial charge in [0.2, 0.25) is 0 Å². The van der Waals surface area contributed by atoms with Gasteiger partial charge in [-0.05, 0) is 6.07 Å². The SMILES string of the molecule is O=C(Nc1ncco1)c1cnc(Cl)cc1Cl. The molecule has 2 heterocycles. The molecule has 0 spiro atoms. The lowest BCUT2D eigenvalue weighted by Gasteiger charge is -2.02. The fourth-order valence-corrected chi connectivity index (χ4v) is 1.48. The highest BCUT2D eigenvalue weighted by atomic mass is 35.5. The summed E-state index contributed by atoms with van der Waals surface area (Å²) in [6.45, 7) is 0. The van der Waals surface area contributed by atoms with Crippen LogP contribution in [0.1, 0.15) is 10.4 Å². The summed E-state index contributed by atoms with van der Waals surface area (Å²) >= 11 is 11.4. The minimum absolute atomic E-state index is 0.0935. The van der Waals surface area contributed by atoms with Crippen molar-refractivity contribution < 1.29 is 9.21 Å². The van der Waals surface area contributed by atoms with Gasteiger partial charge in [0.1, 0.15) is 11.4 Å². The van der Waals surface area contributed by atoms with Crippen LogP contribution in [0.15, 0.2) is 29.1 Å². The Morgan fingerprint density at radius 3 is 2.81 bits per heavy atom. The quantitative estimate of drug-likeness (QED) is 0.840. The molecule has 0 unspecified atom stereocenters. The van der Waals surface area contributed by atoms with Crippen molar-refractivity contribution in [2.45, 2.75) is 0 Å². The Morgan fingerprint density at radius 1 is 1.38 bits per heavy atom. The molecular weight excluding hydrogens is 253 g/mol. The van der Waals surface area contributed by atoms with Gasteiger partial charge in [0.25, 0.3) is 5.91 Å². The van der Waals surface area contributed by atoms with E-state index in [1.54, 1.807) is 0 Å². The summed E-state index contributed by atoms with van der Waals surface area (Å²) in [5.41, 5.74) is 0.198. The van der Waals surface area contributed by atoms with Crippen LogP contribution in [0.25, 0.3) is 0 Å². The van der Waals surface area contributed by atoms with Gasteiger partial charge in [-0.3, -0.25) is 10.1 Å². The number of anilines is 1. The topological polar surface area (TPSA) is 68.0 Å². The number of carbonyl (C=O) groups excluding carboxylic acids is 1. The van der Waals surface area contributed by atoms with E-state index in [1.165, 1.54) is 24.7 Å². The fourth-order valence-electron chi connectivity index (χ4n) is 1.02. The Morgan fingerprint density at radius 2 is 2.19 bits per heavy atom. The van der Waals surface area contributed by atoms with Gasteiger partial charge in [0.15, 0.2) is 0 Å². The second-order valence-electron chi connectivity index (χ2n) is 2.78. The van der Waals surface area contributed by atoms with E-state index in [4.69, 9.17) is 27.6 Å². The van der Waals surface area contributed by atoms with E-state index in [9.17, 15) is 4.79 Å². The summed E-state index contributed by atoms with van der Waals surface area (Å²) in [5, 5.41) is 2.85. The molecule has 0 aliphatic carbocycles. The van der Waals surface area contributed by atoms with Gasteiger partial charge in [-0.15, -0.1) is 0 Å². The number of hydrogen-bond acceptors (Lipinski definition) is 4. The monoisotopic (exact) mass is 257 g/mol. The molecule has 0 atom stereocenters. The third-order valence-corrected chi connectivity index (χ3v) is 2.24. The van der Waals surface area contributed by atoms with Crippen LogP contribution in [-0.2, 0) is 0 Å². The molecule has 0 aromatic carbocycles. The molecule has 2 rings (SSSR count). The lowest BCUT2D eigenvalue weighted by Crippen LogP contribution is -2.13. The lowest BCUT2D eigenvalue weighted by molar-refractivity contribution is 0.102. The molecule has 0 fully saturated rings. The first-order valence-electron chi connectivity index (χ1n) is 4.18. The van der Waals surface area contributed by atoms with Gasteiger partial charge in [-0.1, -0.05) is 23.2 Å². The average Bonchev–Trinajstić information content (AvgIpc) is 2.70. The average molecular weight is 258 g/mol. The van der Waals surface area contributed by atoms with Gasteiger partial charge < -0.3 is 4.42 Å². The molecule has 0 aliphatic rings. The number of nitrogens with one attached hydrogen (secondary N) is 1. The number of aromatic nitrogens is 2. The van der Waals surface area contributed by atoms with E-state index in [0.29, 0.717) is 0 Å². The summed E-state index contributed by atoms with van der Waals surface area (Å²) in [5.74, 6) is -0.461. The van der Waals surface area contributed by atoms with Gasteiger partial charge in [-0.2, -0.15) is 0 Å². The lowest BCUT2D eigenvalue weighted by atomic mass is 10.3. The highest BCUT2D eigenvalue weighted by molar-refractivity contribution is 6.36. The van der Waals surface area contributed by atoms with Crippen molar-refractivity contribution in [1.82, 2.24) is 9.97 Å². The molecule has 1 N–H and O–H groups in total. The van der Waals surface area contributed by atoms with Crippen molar-refractivity contribution in [3.63, 3.8) is 0 Å². The molecule has 5 nitrogen and oxygen atoms in total. The molecule has 16 heavy (non-hydrogen) atoms. The standard InChI is InChI=1S/C9H5Cl2N3O2/c10-6-3-7(11)13-4-5(6)8(15)14-9-12-1-2-16-9/h1-4H,(H,12,14,15). The van der Waals surface area contributed by atoms with Gasteiger partial charge in [0.05, 0.1) is 16.8 Å². The maximum Gasteiger partial charge on any atom is 0.301 e. The minimum atomic E-state index is -0.461. The summed E-state index contributed by atoms with van der Waals surface area (Å²) in [6.07, 6.45) is 4.04. The van der Waals surface area contributed by atoms with Crippen molar-refractivity contribution >= 4 is 35.1 Å². The number of oxazole rings is 1. The van der Waals surface area contributed by atoms with Crippen LogP contribution >= 0.6 is 23.2 Å². The summed E-state index contributed by atoms with van der Waals surface area (Å²) < 4.78 is 4.86. The maximum atomic E-state index is 11.7. The first-order chi connectivity index (χ1) is 7.66. The van der Waals surface area contributed by atoms with Crippen LogP contribution in [-0.4, -0.2) is 15.9 Å². The number of pyridine rings is 1. The largest absolute Gasteiger partial charge is 0.432 e. The molecule has 1 amide bonds. The van der Waals surface area contributed by atoms with Crippen molar-refractivity contribution in [2.24, 2.45) is 0 Å². The Kier molecular flexibility index (Phi) is 3.07. The van der Waals surface area contributed by atoms with Crippen molar-refractivity contribution in [2.75, 3.05) is 5.32 Å². The van der Waals surface area contributed by atoms with Crippen LogP contribution < -0.4 is 5.32 Å². The van der Waals surface area contributed by atoms with Crippen LogP contribution in [0.2, 0.25) is 10.2 Å². The van der Waals surface area contributed by atoms with E-state index in [1.807, 2.05) is 0 Å². The zero-order valence-electron chi connectivity index (χ0n) is 7.78. The third-order valence-electron chi connectivity index (χ3n) is 1.72. The second kappa shape index (κ2) is 4.51. The molecule has 0 saturated carbocycles. The summed E-state index contributed by atoms with van der Waals surface area (Å²) in [4.78, 5) is 19.2. The van der Waals surface area contributed by atoms with Crippen molar-refractivity contribution in [3.8, 4) is 0 Å². The molecule has 82 valence electrons. The molecular formula is C9H5Cl2N3O2. The molecule has 0 radical (unpaired) electrons. The van der Waals surface area contributed by atoms with Crippen molar-refractivity contribution in [1.29, 1.82) is 0 Å². The first-order valence-corrected chi connectivity index (χ1v) is 4.94. The number of hydrogen-bond donors (Lipinski definition) is 1. The smallest absolute Gasteiger partial charge is 0.301 e. The second-order valence-corrected chi connectivity index (χ2v) is 3.57. The van der Waals surface area contributed by atoms with Gasteiger partial charge in [0, 0.05) is 6.20 Å². The number of carbonyl (C=O) groups is 1. The van der Waals surface area contributed by atoms with Crippen LogP contribution in [0.3, 0.4) is 0 Å². The summed E-state index contributed by atoms with van der Waals surface area (Å²) in [7, 11) is 0. The minimum Gasteiger partial charge on any atom is -0.432 e. The van der Waals surface area contributed by atoms with Crippen LogP contribution in [0, 0.1) is 0 Å². The normalized spacial score (nSPS) is 10.1. The maximum absolute atomic E-state index is 11.7. The zero-order valence-corrected chi connectivity index (χ0v) is 9.29. The first kappa shape index (κ1) is 10.9. The molecule has 0 aliphatic heterocycles. The number of amides is 1. The number of rotatable bonds is 2. The molecule has 2 aromatic rings. The van der Waals surface area contributed by atoms with Crippen LogP contribution in [0.5, 0.6) is 0 Å². The molecule has 2 aromatic heterocycles. The van der Waals surface area contributed by atoms with E-state index in [-0.39, 0.29) is 21.8 Å². The fraction of sp³-hybridized carbons (Fsp3) is 0. The Hall–Kier alpha value is -1.59. The van der Waals surface area contributed by atoms with E-state index < -0.39 is 5.91 Å². The van der Waals surface area contributed by atoms with Gasteiger partial charge in [-0.25, -0.2) is 9.97 Å². The third kappa shape index (κ3) is 2.32. The van der Waals surface area contributed by atoms with Crippen molar-refractivity contribution in [3.05, 3.63) is 40.5 Å². The van der Waals surface area contributed by atoms with Gasteiger partial charge >= 0.3 is 6.01 Å². The molecule has 0 saturated heterocycles. The Bertz CT molecular complexity index is 513. The molecule has 0 bridgehead atoms. The van der Waals surface area contributed by atoms with Crippen LogP contribution in [0.4, 0.5) is 6.01 Å². The molecule has 7 heteroatoms. The number of nitrogens with zero attached hydrogens (tertiary/aromatic N) is 2. The zero-order chi connectivity index (χ0) is 11.5. The highest BCUT2D eigenvalue weighted by Gasteiger charge is 2.13. The van der Waals surface area contributed by atoms with E-state index >= 15 is 0 Å². The predicted octanol–water partition coefficient (Wildman–Crippen LogP) is 2.63. The van der Waals surface area contributed by atoms with E-state index in [2.05, 4.69) is 15.3 Å². The predicted molar refractivity (Wildman–Crippen MR) is 58.7 cm³/mol.